The molecule has 2 amide bonds. The van der Waals surface area contributed by atoms with E-state index in [9.17, 15) is 18.0 Å². The monoisotopic (exact) mass is 390 g/mol. The van der Waals surface area contributed by atoms with E-state index in [-0.39, 0.29) is 35.9 Å². The molecule has 2 aromatic rings. The first-order valence-corrected chi connectivity index (χ1v) is 10.5. The molecule has 2 N–H and O–H groups in total. The van der Waals surface area contributed by atoms with Crippen LogP contribution < -0.4 is 10.6 Å². The zero-order valence-corrected chi connectivity index (χ0v) is 16.0. The highest BCUT2D eigenvalue weighted by atomic mass is 32.2. The molecule has 1 aliphatic rings. The Balaban J connectivity index is 1.64. The minimum atomic E-state index is -3.03. The van der Waals surface area contributed by atoms with Gasteiger partial charge in [-0.2, -0.15) is 5.10 Å². The van der Waals surface area contributed by atoms with Gasteiger partial charge in [-0.1, -0.05) is 18.2 Å². The molecule has 0 spiro atoms. The molecule has 1 aliphatic heterocycles. The van der Waals surface area contributed by atoms with Crippen LogP contribution in [0.5, 0.6) is 0 Å². The van der Waals surface area contributed by atoms with Crippen LogP contribution in [0.15, 0.2) is 30.3 Å². The van der Waals surface area contributed by atoms with Gasteiger partial charge in [0.1, 0.15) is 0 Å². The summed E-state index contributed by atoms with van der Waals surface area (Å²) in [4.78, 5) is 24.2. The number of hydrogen-bond donors (Lipinski definition) is 2. The summed E-state index contributed by atoms with van der Waals surface area (Å²) in [6, 6.07) is 8.43. The van der Waals surface area contributed by atoms with Crippen LogP contribution in [0, 0.1) is 13.8 Å². The predicted molar refractivity (Wildman–Crippen MR) is 101 cm³/mol. The van der Waals surface area contributed by atoms with E-state index in [1.54, 1.807) is 42.8 Å². The molecule has 0 saturated carbocycles. The van der Waals surface area contributed by atoms with Crippen LogP contribution in [-0.4, -0.2) is 48.1 Å². The predicted octanol–water partition coefficient (Wildman–Crippen LogP) is 1.23. The van der Waals surface area contributed by atoms with Crippen LogP contribution in [0.2, 0.25) is 0 Å². The normalized spacial score (nSPS) is 18.2. The molecule has 1 atom stereocenters. The second kappa shape index (κ2) is 7.51. The third-order valence-electron chi connectivity index (χ3n) is 4.59. The third kappa shape index (κ3) is 4.36. The summed E-state index contributed by atoms with van der Waals surface area (Å²) in [6.07, 6.45) is 0.519. The zero-order valence-electron chi connectivity index (χ0n) is 15.2. The number of amides is 2. The Morgan fingerprint density at radius 3 is 2.56 bits per heavy atom. The van der Waals surface area contributed by atoms with Crippen LogP contribution in [0.1, 0.15) is 34.2 Å². The summed E-state index contributed by atoms with van der Waals surface area (Å²) < 4.78 is 25.1. The molecule has 1 aromatic carbocycles. The number of rotatable bonds is 5. The minimum Gasteiger partial charge on any atom is -0.343 e. The Morgan fingerprint density at radius 1 is 1.22 bits per heavy atom. The van der Waals surface area contributed by atoms with E-state index in [1.165, 1.54) is 0 Å². The Hall–Kier alpha value is -2.68. The van der Waals surface area contributed by atoms with Crippen LogP contribution >= 0.6 is 0 Å². The molecule has 1 saturated heterocycles. The fraction of sp³-hybridized carbons (Fsp3) is 0.389. The first kappa shape index (κ1) is 19.1. The quantitative estimate of drug-likeness (QED) is 0.798. The Labute approximate surface area is 157 Å². The summed E-state index contributed by atoms with van der Waals surface area (Å²) in [7, 11) is -3.03. The molecule has 144 valence electrons. The van der Waals surface area contributed by atoms with Crippen molar-refractivity contribution in [3.63, 3.8) is 0 Å². The van der Waals surface area contributed by atoms with Crippen molar-refractivity contribution < 1.29 is 18.0 Å². The van der Waals surface area contributed by atoms with Gasteiger partial charge in [0.05, 0.1) is 41.2 Å². The first-order valence-electron chi connectivity index (χ1n) is 8.66. The van der Waals surface area contributed by atoms with Crippen molar-refractivity contribution in [2.75, 3.05) is 23.4 Å². The SMILES string of the molecule is Cc1nn(C2CCS(=O)(=O)C2)c(C)c1NC(=O)CNC(=O)c1ccccc1. The van der Waals surface area contributed by atoms with Gasteiger partial charge in [-0.15, -0.1) is 0 Å². The molecule has 8 nitrogen and oxygen atoms in total. The van der Waals surface area contributed by atoms with Gasteiger partial charge in [0.2, 0.25) is 5.91 Å². The molecule has 9 heteroatoms. The maximum absolute atomic E-state index is 12.2. The van der Waals surface area contributed by atoms with Gasteiger partial charge >= 0.3 is 0 Å². The second-order valence-corrected chi connectivity index (χ2v) is 8.87. The fourth-order valence-electron chi connectivity index (χ4n) is 3.20. The van der Waals surface area contributed by atoms with Gasteiger partial charge in [-0.25, -0.2) is 8.42 Å². The van der Waals surface area contributed by atoms with E-state index in [1.807, 2.05) is 6.07 Å². The van der Waals surface area contributed by atoms with Crippen molar-refractivity contribution >= 4 is 27.3 Å². The molecule has 1 unspecified atom stereocenters. The van der Waals surface area contributed by atoms with E-state index in [0.29, 0.717) is 29.1 Å². The number of nitrogens with zero attached hydrogens (tertiary/aromatic N) is 2. The van der Waals surface area contributed by atoms with Gasteiger partial charge in [-0.3, -0.25) is 14.3 Å². The smallest absolute Gasteiger partial charge is 0.251 e. The maximum Gasteiger partial charge on any atom is 0.251 e. The fourth-order valence-corrected chi connectivity index (χ4v) is 4.90. The van der Waals surface area contributed by atoms with Crippen molar-refractivity contribution in [3.8, 4) is 0 Å². The van der Waals surface area contributed by atoms with Gasteiger partial charge in [0.15, 0.2) is 9.84 Å². The number of carbonyl (C=O) groups is 2. The van der Waals surface area contributed by atoms with Crippen molar-refractivity contribution in [1.29, 1.82) is 0 Å². The number of hydrogen-bond acceptors (Lipinski definition) is 5. The van der Waals surface area contributed by atoms with E-state index in [0.717, 1.165) is 0 Å². The zero-order chi connectivity index (χ0) is 19.6. The molecule has 0 radical (unpaired) electrons. The average molecular weight is 390 g/mol. The molecule has 0 bridgehead atoms. The first-order chi connectivity index (χ1) is 12.8. The number of sulfone groups is 1. The summed E-state index contributed by atoms with van der Waals surface area (Å²) in [5.74, 6) is -0.478. The van der Waals surface area contributed by atoms with E-state index in [2.05, 4.69) is 15.7 Å². The average Bonchev–Trinajstić information content (AvgIpc) is 3.14. The lowest BCUT2D eigenvalue weighted by Gasteiger charge is -2.12. The molecular formula is C18H22N4O4S. The largest absolute Gasteiger partial charge is 0.343 e. The van der Waals surface area contributed by atoms with E-state index < -0.39 is 9.84 Å². The number of anilines is 1. The van der Waals surface area contributed by atoms with E-state index in [4.69, 9.17) is 0 Å². The highest BCUT2D eigenvalue weighted by Gasteiger charge is 2.31. The lowest BCUT2D eigenvalue weighted by molar-refractivity contribution is -0.115. The molecule has 2 heterocycles. The second-order valence-electron chi connectivity index (χ2n) is 6.64. The number of carbonyl (C=O) groups excluding carboxylic acids is 2. The molecule has 1 aromatic heterocycles. The van der Waals surface area contributed by atoms with Crippen LogP contribution in [0.25, 0.3) is 0 Å². The van der Waals surface area contributed by atoms with Crippen molar-refractivity contribution in [2.45, 2.75) is 26.3 Å². The van der Waals surface area contributed by atoms with Crippen LogP contribution in [0.3, 0.4) is 0 Å². The third-order valence-corrected chi connectivity index (χ3v) is 6.34. The van der Waals surface area contributed by atoms with Gasteiger partial charge in [0, 0.05) is 5.56 Å². The molecule has 0 aliphatic carbocycles. The number of aromatic nitrogens is 2. The summed E-state index contributed by atoms with van der Waals surface area (Å²) in [5.41, 5.74) is 2.35. The Bertz CT molecular complexity index is 967. The molecular weight excluding hydrogens is 368 g/mol. The van der Waals surface area contributed by atoms with Crippen molar-refractivity contribution in [3.05, 3.63) is 47.3 Å². The number of aryl methyl sites for hydroxylation is 1. The van der Waals surface area contributed by atoms with E-state index >= 15 is 0 Å². The molecule has 27 heavy (non-hydrogen) atoms. The van der Waals surface area contributed by atoms with Crippen LogP contribution in [-0.2, 0) is 14.6 Å². The summed E-state index contributed by atoms with van der Waals surface area (Å²) in [5, 5.41) is 9.74. The highest BCUT2D eigenvalue weighted by molar-refractivity contribution is 7.91. The van der Waals surface area contributed by atoms with Crippen molar-refractivity contribution in [1.82, 2.24) is 15.1 Å². The molecule has 1 fully saturated rings. The summed E-state index contributed by atoms with van der Waals surface area (Å²) >= 11 is 0. The lowest BCUT2D eigenvalue weighted by Crippen LogP contribution is -2.33. The lowest BCUT2D eigenvalue weighted by atomic mass is 10.2. The Kier molecular flexibility index (Phi) is 5.31. The maximum atomic E-state index is 12.2. The number of benzene rings is 1. The van der Waals surface area contributed by atoms with Gasteiger partial charge in [-0.05, 0) is 32.4 Å². The topological polar surface area (TPSA) is 110 Å². The molecule has 3 rings (SSSR count). The van der Waals surface area contributed by atoms with Gasteiger partial charge in [0.25, 0.3) is 5.91 Å². The number of nitrogens with one attached hydrogen (secondary N) is 2. The summed E-state index contributed by atoms with van der Waals surface area (Å²) in [6.45, 7) is 3.38. The van der Waals surface area contributed by atoms with Crippen molar-refractivity contribution in [2.24, 2.45) is 0 Å². The standard InChI is InChI=1S/C18H22N4O4S/c1-12-17(13(2)22(21-12)15-8-9-27(25,26)11-15)20-16(23)10-19-18(24)14-6-4-3-5-7-14/h3-7,15H,8-11H2,1-2H3,(H,19,24)(H,20,23). The highest BCUT2D eigenvalue weighted by Crippen LogP contribution is 2.28. The van der Waals surface area contributed by atoms with Crippen LogP contribution in [0.4, 0.5) is 5.69 Å². The van der Waals surface area contributed by atoms with Gasteiger partial charge < -0.3 is 10.6 Å². The Morgan fingerprint density at radius 2 is 1.93 bits per heavy atom. The minimum absolute atomic E-state index is 0.0650.